The number of benzene rings is 1. The zero-order valence-corrected chi connectivity index (χ0v) is 18.5. The van der Waals surface area contributed by atoms with E-state index in [2.05, 4.69) is 24.3 Å². The highest BCUT2D eigenvalue weighted by Crippen LogP contribution is 2.57. The first-order valence-corrected chi connectivity index (χ1v) is 10.9. The van der Waals surface area contributed by atoms with E-state index >= 15 is 0 Å². The molecule has 4 fully saturated rings. The maximum Gasteiger partial charge on any atom is 0.263 e. The minimum Gasteiger partial charge on any atom is -0.478 e. The van der Waals surface area contributed by atoms with Crippen molar-refractivity contribution in [3.05, 3.63) is 28.8 Å². The first-order chi connectivity index (χ1) is 13.1. The molecule has 154 valence electrons. The third kappa shape index (κ3) is 3.43. The van der Waals surface area contributed by atoms with E-state index in [1.54, 1.807) is 6.07 Å². The van der Waals surface area contributed by atoms with Gasteiger partial charge in [-0.25, -0.2) is 0 Å². The molecule has 1 aromatic carbocycles. The number of aryl methyl sites for hydroxylation is 1. The number of hydrogen-bond donors (Lipinski definition) is 1. The van der Waals surface area contributed by atoms with Crippen LogP contribution in [-0.2, 0) is 4.79 Å². The summed E-state index contributed by atoms with van der Waals surface area (Å²) in [4.78, 5) is 15.6. The second-order valence-corrected chi connectivity index (χ2v) is 10.5. The Balaban J connectivity index is 1.46. The normalized spacial score (nSPS) is 34.0. The molecule has 4 aliphatic carbocycles. The minimum absolute atomic E-state index is 0.0155. The van der Waals surface area contributed by atoms with Gasteiger partial charge in [0.1, 0.15) is 5.75 Å². The van der Waals surface area contributed by atoms with Crippen molar-refractivity contribution >= 4 is 17.5 Å². The Labute approximate surface area is 174 Å². The zero-order valence-electron chi connectivity index (χ0n) is 17.7. The van der Waals surface area contributed by atoms with Crippen molar-refractivity contribution in [2.24, 2.45) is 17.8 Å². The second kappa shape index (κ2) is 6.91. The molecular weight excluding hydrogens is 372 g/mol. The van der Waals surface area contributed by atoms with Crippen LogP contribution in [0.15, 0.2) is 18.2 Å². The number of ether oxygens (including phenoxy) is 1. The predicted molar refractivity (Wildman–Crippen MR) is 113 cm³/mol. The Morgan fingerprint density at radius 2 is 1.86 bits per heavy atom. The Hall–Kier alpha value is -1.26. The average molecular weight is 405 g/mol. The molecule has 0 spiro atoms. The van der Waals surface area contributed by atoms with Gasteiger partial charge in [-0.3, -0.25) is 4.79 Å². The van der Waals surface area contributed by atoms with E-state index in [1.807, 2.05) is 32.9 Å². The van der Waals surface area contributed by atoms with Gasteiger partial charge >= 0.3 is 0 Å². The largest absolute Gasteiger partial charge is 0.478 e. The summed E-state index contributed by atoms with van der Waals surface area (Å²) in [6.07, 6.45) is 6.26. The number of amides is 1. The standard InChI is InChI=1S/C23H33ClN2O2/c1-14-8-18(24)6-7-19(14)28-22(2,3)21(27)25-20-16-9-15-10-17(20)13-23(11-15,12-16)26(4)5/h6-8,15-17,20H,9-13H2,1-5H3,(H,25,27)/t15?,16-,17+,20?,23?. The van der Waals surface area contributed by atoms with Crippen molar-refractivity contribution in [2.75, 3.05) is 14.1 Å². The number of nitrogens with zero attached hydrogens (tertiary/aromatic N) is 1. The number of carbonyl (C=O) groups excluding carboxylic acids is 1. The van der Waals surface area contributed by atoms with Crippen LogP contribution in [-0.4, -0.2) is 42.1 Å². The van der Waals surface area contributed by atoms with Gasteiger partial charge in [-0.05, 0) is 108 Å². The summed E-state index contributed by atoms with van der Waals surface area (Å²) >= 11 is 6.04. The fraction of sp³-hybridized carbons (Fsp3) is 0.696. The van der Waals surface area contributed by atoms with Crippen molar-refractivity contribution in [1.82, 2.24) is 10.2 Å². The molecule has 28 heavy (non-hydrogen) atoms. The topological polar surface area (TPSA) is 41.6 Å². The molecule has 5 rings (SSSR count). The highest BCUT2D eigenvalue weighted by molar-refractivity contribution is 6.30. The minimum atomic E-state index is -0.924. The van der Waals surface area contributed by atoms with Crippen LogP contribution in [0.3, 0.4) is 0 Å². The summed E-state index contributed by atoms with van der Waals surface area (Å²) in [6, 6.07) is 5.79. The molecule has 4 nitrogen and oxygen atoms in total. The van der Waals surface area contributed by atoms with Crippen molar-refractivity contribution in [3.8, 4) is 5.75 Å². The molecule has 5 heteroatoms. The molecule has 3 unspecified atom stereocenters. The summed E-state index contributed by atoms with van der Waals surface area (Å²) in [6.45, 7) is 5.66. The zero-order chi connectivity index (χ0) is 20.3. The van der Waals surface area contributed by atoms with Crippen LogP contribution in [0, 0.1) is 24.7 Å². The number of carbonyl (C=O) groups is 1. The van der Waals surface area contributed by atoms with Crippen LogP contribution in [0.2, 0.25) is 5.02 Å². The van der Waals surface area contributed by atoms with Crippen molar-refractivity contribution in [1.29, 1.82) is 0 Å². The number of halogens is 1. The van der Waals surface area contributed by atoms with Gasteiger partial charge in [-0.15, -0.1) is 0 Å². The molecule has 4 aliphatic rings. The molecule has 1 amide bonds. The Kier molecular flexibility index (Phi) is 4.95. The first-order valence-electron chi connectivity index (χ1n) is 10.5. The predicted octanol–water partition coefficient (Wildman–Crippen LogP) is 4.43. The van der Waals surface area contributed by atoms with Crippen LogP contribution < -0.4 is 10.1 Å². The Bertz CT molecular complexity index is 760. The molecule has 0 aromatic heterocycles. The van der Waals surface area contributed by atoms with E-state index in [0.29, 0.717) is 28.1 Å². The van der Waals surface area contributed by atoms with Gasteiger partial charge in [0.05, 0.1) is 0 Å². The maximum absolute atomic E-state index is 13.2. The quantitative estimate of drug-likeness (QED) is 0.789. The monoisotopic (exact) mass is 404 g/mol. The van der Waals surface area contributed by atoms with Gasteiger partial charge in [0.2, 0.25) is 0 Å². The average Bonchev–Trinajstić information content (AvgIpc) is 2.59. The number of nitrogens with one attached hydrogen (secondary N) is 1. The summed E-state index contributed by atoms with van der Waals surface area (Å²) in [7, 11) is 4.46. The maximum atomic E-state index is 13.2. The summed E-state index contributed by atoms with van der Waals surface area (Å²) in [5.74, 6) is 2.70. The Morgan fingerprint density at radius 3 is 2.43 bits per heavy atom. The fourth-order valence-corrected chi connectivity index (χ4v) is 6.37. The molecule has 0 aliphatic heterocycles. The van der Waals surface area contributed by atoms with Crippen LogP contribution >= 0.6 is 11.6 Å². The van der Waals surface area contributed by atoms with Crippen LogP contribution in [0.25, 0.3) is 0 Å². The second-order valence-electron chi connectivity index (χ2n) is 10.1. The van der Waals surface area contributed by atoms with E-state index in [-0.39, 0.29) is 11.9 Å². The van der Waals surface area contributed by atoms with Crippen LogP contribution in [0.5, 0.6) is 5.75 Å². The van der Waals surface area contributed by atoms with Crippen molar-refractivity contribution in [2.45, 2.75) is 70.1 Å². The van der Waals surface area contributed by atoms with E-state index in [1.165, 1.54) is 32.1 Å². The van der Waals surface area contributed by atoms with Gasteiger partial charge in [0.15, 0.2) is 5.60 Å². The summed E-state index contributed by atoms with van der Waals surface area (Å²) < 4.78 is 6.12. The van der Waals surface area contributed by atoms with Crippen molar-refractivity contribution in [3.63, 3.8) is 0 Å². The molecule has 4 saturated carbocycles. The third-order valence-electron chi connectivity index (χ3n) is 7.54. The van der Waals surface area contributed by atoms with Crippen molar-refractivity contribution < 1.29 is 9.53 Å². The van der Waals surface area contributed by atoms with E-state index < -0.39 is 5.60 Å². The SMILES string of the molecule is Cc1cc(Cl)ccc1OC(C)(C)C(=O)NC1[C@@H]2CC3C[C@H]1CC(N(C)C)(C3)C2. The lowest BCUT2D eigenvalue weighted by Gasteiger charge is -2.62. The van der Waals surface area contributed by atoms with Gasteiger partial charge in [0.25, 0.3) is 5.91 Å². The molecule has 0 saturated heterocycles. The van der Waals surface area contributed by atoms with Gasteiger partial charge in [0, 0.05) is 16.6 Å². The summed E-state index contributed by atoms with van der Waals surface area (Å²) in [5.41, 5.74) is 0.368. The molecule has 1 aromatic rings. The Morgan fingerprint density at radius 1 is 1.21 bits per heavy atom. The number of hydrogen-bond acceptors (Lipinski definition) is 3. The number of rotatable bonds is 5. The third-order valence-corrected chi connectivity index (χ3v) is 7.77. The van der Waals surface area contributed by atoms with E-state index in [9.17, 15) is 4.79 Å². The van der Waals surface area contributed by atoms with E-state index in [4.69, 9.17) is 16.3 Å². The molecular formula is C23H33ClN2O2. The molecule has 0 radical (unpaired) electrons. The summed E-state index contributed by atoms with van der Waals surface area (Å²) in [5, 5.41) is 4.08. The van der Waals surface area contributed by atoms with Crippen LogP contribution in [0.4, 0.5) is 0 Å². The lowest BCUT2D eigenvalue weighted by atomic mass is 9.50. The van der Waals surface area contributed by atoms with Gasteiger partial charge in [-0.2, -0.15) is 0 Å². The molecule has 5 atom stereocenters. The van der Waals surface area contributed by atoms with Gasteiger partial charge in [-0.1, -0.05) is 11.6 Å². The van der Waals surface area contributed by atoms with E-state index in [0.717, 1.165) is 11.5 Å². The highest BCUT2D eigenvalue weighted by Gasteiger charge is 2.56. The molecule has 4 bridgehead atoms. The first kappa shape index (κ1) is 20.0. The smallest absolute Gasteiger partial charge is 0.263 e. The lowest BCUT2D eigenvalue weighted by molar-refractivity contribution is -0.141. The fourth-order valence-electron chi connectivity index (χ4n) is 6.14. The molecule has 1 N–H and O–H groups in total. The highest BCUT2D eigenvalue weighted by atomic mass is 35.5. The lowest BCUT2D eigenvalue weighted by Crippen LogP contribution is -2.66. The van der Waals surface area contributed by atoms with Crippen LogP contribution in [0.1, 0.15) is 51.5 Å². The molecule has 0 heterocycles. The van der Waals surface area contributed by atoms with Gasteiger partial charge < -0.3 is 15.0 Å².